The molecule has 1 amide bonds. The van der Waals surface area contributed by atoms with Crippen molar-refractivity contribution < 1.29 is 4.79 Å². The smallest absolute Gasteiger partial charge is 0.226 e. The SMILES string of the molecule is CCCCCCC(=O)Nc1ncc(C)s1. The van der Waals surface area contributed by atoms with Gasteiger partial charge in [0.25, 0.3) is 0 Å². The molecule has 1 aromatic heterocycles. The Balaban J connectivity index is 2.18. The van der Waals surface area contributed by atoms with Gasteiger partial charge < -0.3 is 5.32 Å². The number of hydrogen-bond acceptors (Lipinski definition) is 3. The van der Waals surface area contributed by atoms with Gasteiger partial charge in [-0.15, -0.1) is 11.3 Å². The Kier molecular flexibility index (Phi) is 5.32. The van der Waals surface area contributed by atoms with Crippen LogP contribution < -0.4 is 5.32 Å². The van der Waals surface area contributed by atoms with Gasteiger partial charge in [-0.2, -0.15) is 0 Å². The largest absolute Gasteiger partial charge is 0.302 e. The lowest BCUT2D eigenvalue weighted by molar-refractivity contribution is -0.116. The molecule has 0 spiro atoms. The zero-order chi connectivity index (χ0) is 11.1. The summed E-state index contributed by atoms with van der Waals surface area (Å²) in [6, 6.07) is 0. The number of aryl methyl sites for hydroxylation is 1. The maximum absolute atomic E-state index is 11.4. The Hall–Kier alpha value is -0.900. The van der Waals surface area contributed by atoms with Crippen molar-refractivity contribution in [3.8, 4) is 0 Å². The van der Waals surface area contributed by atoms with Crippen LogP contribution in [0.1, 0.15) is 43.9 Å². The molecule has 0 fully saturated rings. The Bertz CT molecular complexity index is 309. The van der Waals surface area contributed by atoms with Crippen LogP contribution in [-0.4, -0.2) is 10.9 Å². The van der Waals surface area contributed by atoms with Crippen molar-refractivity contribution >= 4 is 22.4 Å². The summed E-state index contributed by atoms with van der Waals surface area (Å²) in [5.41, 5.74) is 0. The molecule has 84 valence electrons. The highest BCUT2D eigenvalue weighted by atomic mass is 32.1. The van der Waals surface area contributed by atoms with Gasteiger partial charge in [-0.05, 0) is 13.3 Å². The number of anilines is 1. The number of aromatic nitrogens is 1. The van der Waals surface area contributed by atoms with Gasteiger partial charge in [0.05, 0.1) is 0 Å². The van der Waals surface area contributed by atoms with Gasteiger partial charge in [0.2, 0.25) is 5.91 Å². The van der Waals surface area contributed by atoms with E-state index in [1.165, 1.54) is 24.2 Å². The fourth-order valence-electron chi connectivity index (χ4n) is 1.31. The van der Waals surface area contributed by atoms with Gasteiger partial charge in [0, 0.05) is 17.5 Å². The van der Waals surface area contributed by atoms with Crippen molar-refractivity contribution in [3.05, 3.63) is 11.1 Å². The summed E-state index contributed by atoms with van der Waals surface area (Å²) >= 11 is 1.52. The van der Waals surface area contributed by atoms with E-state index in [0.29, 0.717) is 11.6 Å². The number of unbranched alkanes of at least 4 members (excludes halogenated alkanes) is 3. The molecular formula is C11H18N2OS. The highest BCUT2D eigenvalue weighted by molar-refractivity contribution is 7.15. The molecule has 1 N–H and O–H groups in total. The van der Waals surface area contributed by atoms with Crippen LogP contribution in [0, 0.1) is 6.92 Å². The summed E-state index contributed by atoms with van der Waals surface area (Å²) in [6.45, 7) is 4.15. The summed E-state index contributed by atoms with van der Waals surface area (Å²) in [5.74, 6) is 0.0838. The number of carbonyl (C=O) groups is 1. The van der Waals surface area contributed by atoms with E-state index >= 15 is 0 Å². The first-order valence-corrected chi connectivity index (χ1v) is 6.26. The lowest BCUT2D eigenvalue weighted by atomic mass is 10.1. The van der Waals surface area contributed by atoms with Crippen LogP contribution in [0.3, 0.4) is 0 Å². The van der Waals surface area contributed by atoms with Crippen LogP contribution in [0.2, 0.25) is 0 Å². The van der Waals surface area contributed by atoms with Gasteiger partial charge in [-0.3, -0.25) is 4.79 Å². The van der Waals surface area contributed by atoms with Crippen molar-refractivity contribution in [2.45, 2.75) is 46.0 Å². The van der Waals surface area contributed by atoms with E-state index in [-0.39, 0.29) is 5.91 Å². The number of carbonyl (C=O) groups excluding carboxylic acids is 1. The van der Waals surface area contributed by atoms with E-state index in [9.17, 15) is 4.79 Å². The number of hydrogen-bond donors (Lipinski definition) is 1. The molecule has 1 rings (SSSR count). The van der Waals surface area contributed by atoms with Crippen molar-refractivity contribution in [1.29, 1.82) is 0 Å². The highest BCUT2D eigenvalue weighted by Gasteiger charge is 2.04. The summed E-state index contributed by atoms with van der Waals surface area (Å²) in [7, 11) is 0. The van der Waals surface area contributed by atoms with E-state index in [2.05, 4.69) is 17.2 Å². The molecule has 1 heterocycles. The van der Waals surface area contributed by atoms with Crippen molar-refractivity contribution in [1.82, 2.24) is 4.98 Å². The van der Waals surface area contributed by atoms with E-state index in [1.54, 1.807) is 6.20 Å². The Labute approximate surface area is 94.9 Å². The molecule has 15 heavy (non-hydrogen) atoms. The van der Waals surface area contributed by atoms with Gasteiger partial charge in [0.15, 0.2) is 5.13 Å². The average molecular weight is 226 g/mol. The number of nitrogens with zero attached hydrogens (tertiary/aromatic N) is 1. The molecule has 0 radical (unpaired) electrons. The maximum atomic E-state index is 11.4. The number of nitrogens with one attached hydrogen (secondary N) is 1. The summed E-state index contributed by atoms with van der Waals surface area (Å²) in [4.78, 5) is 16.6. The molecule has 0 bridgehead atoms. The standard InChI is InChI=1S/C11H18N2OS/c1-3-4-5-6-7-10(14)13-11-12-8-9(2)15-11/h8H,3-7H2,1-2H3,(H,12,13,14). The lowest BCUT2D eigenvalue weighted by Crippen LogP contribution is -2.10. The lowest BCUT2D eigenvalue weighted by Gasteiger charge is -2.00. The predicted octanol–water partition coefficient (Wildman–Crippen LogP) is 3.36. The third-order valence-corrected chi connectivity index (χ3v) is 2.95. The molecule has 0 saturated heterocycles. The number of thiazole rings is 1. The minimum atomic E-state index is 0.0838. The quantitative estimate of drug-likeness (QED) is 0.756. The second-order valence-electron chi connectivity index (χ2n) is 3.63. The second kappa shape index (κ2) is 6.56. The zero-order valence-electron chi connectivity index (χ0n) is 9.38. The minimum Gasteiger partial charge on any atom is -0.302 e. The predicted molar refractivity (Wildman–Crippen MR) is 64.2 cm³/mol. The molecule has 0 unspecified atom stereocenters. The molecule has 0 aliphatic carbocycles. The average Bonchev–Trinajstić information content (AvgIpc) is 2.59. The van der Waals surface area contributed by atoms with E-state index < -0.39 is 0 Å². The first-order valence-electron chi connectivity index (χ1n) is 5.44. The van der Waals surface area contributed by atoms with Gasteiger partial charge in [-0.1, -0.05) is 26.2 Å². The van der Waals surface area contributed by atoms with Gasteiger partial charge in [0.1, 0.15) is 0 Å². The van der Waals surface area contributed by atoms with E-state index in [4.69, 9.17) is 0 Å². The molecule has 0 atom stereocenters. The number of amides is 1. The molecule has 0 aromatic carbocycles. The monoisotopic (exact) mass is 226 g/mol. The zero-order valence-corrected chi connectivity index (χ0v) is 10.2. The fourth-order valence-corrected chi connectivity index (χ4v) is 1.99. The van der Waals surface area contributed by atoms with Gasteiger partial charge in [-0.25, -0.2) is 4.98 Å². The third-order valence-electron chi connectivity index (χ3n) is 2.13. The van der Waals surface area contributed by atoms with Crippen LogP contribution >= 0.6 is 11.3 Å². The van der Waals surface area contributed by atoms with E-state index in [1.807, 2.05) is 6.92 Å². The Morgan fingerprint density at radius 3 is 2.87 bits per heavy atom. The molecule has 3 nitrogen and oxygen atoms in total. The third kappa shape index (κ3) is 4.93. The van der Waals surface area contributed by atoms with E-state index in [0.717, 1.165) is 17.7 Å². The topological polar surface area (TPSA) is 42.0 Å². The molecule has 0 saturated carbocycles. The van der Waals surface area contributed by atoms with Crippen LogP contribution in [0.15, 0.2) is 6.20 Å². The minimum absolute atomic E-state index is 0.0838. The Morgan fingerprint density at radius 2 is 2.27 bits per heavy atom. The molecule has 0 aliphatic rings. The maximum Gasteiger partial charge on any atom is 0.226 e. The molecule has 0 aliphatic heterocycles. The number of rotatable bonds is 6. The van der Waals surface area contributed by atoms with Crippen LogP contribution in [0.4, 0.5) is 5.13 Å². The first kappa shape index (κ1) is 12.2. The van der Waals surface area contributed by atoms with Gasteiger partial charge >= 0.3 is 0 Å². The highest BCUT2D eigenvalue weighted by Crippen LogP contribution is 2.16. The molecular weight excluding hydrogens is 208 g/mol. The summed E-state index contributed by atoms with van der Waals surface area (Å²) < 4.78 is 0. The van der Waals surface area contributed by atoms with Crippen molar-refractivity contribution in [2.24, 2.45) is 0 Å². The van der Waals surface area contributed by atoms with Crippen LogP contribution in [-0.2, 0) is 4.79 Å². The van der Waals surface area contributed by atoms with Crippen LogP contribution in [0.5, 0.6) is 0 Å². The fraction of sp³-hybridized carbons (Fsp3) is 0.636. The van der Waals surface area contributed by atoms with Crippen molar-refractivity contribution in [2.75, 3.05) is 5.32 Å². The first-order chi connectivity index (χ1) is 7.22. The van der Waals surface area contributed by atoms with Crippen LogP contribution in [0.25, 0.3) is 0 Å². The Morgan fingerprint density at radius 1 is 1.47 bits per heavy atom. The summed E-state index contributed by atoms with van der Waals surface area (Å²) in [5, 5.41) is 3.52. The normalized spacial score (nSPS) is 10.3. The summed E-state index contributed by atoms with van der Waals surface area (Å²) in [6.07, 6.45) is 6.91. The van der Waals surface area contributed by atoms with Crippen molar-refractivity contribution in [3.63, 3.8) is 0 Å². The second-order valence-corrected chi connectivity index (χ2v) is 4.87. The molecule has 1 aromatic rings. The molecule has 4 heteroatoms.